The van der Waals surface area contributed by atoms with Crippen LogP contribution in [0.5, 0.6) is 5.19 Å². The van der Waals surface area contributed by atoms with E-state index in [1.54, 1.807) is 17.5 Å². The van der Waals surface area contributed by atoms with Gasteiger partial charge in [-0.2, -0.15) is 5.10 Å². The Hall–Kier alpha value is -2.59. The van der Waals surface area contributed by atoms with Crippen LogP contribution in [0.15, 0.2) is 30.5 Å². The third kappa shape index (κ3) is 4.58. The van der Waals surface area contributed by atoms with Crippen molar-refractivity contribution in [1.29, 1.82) is 0 Å². The molecule has 0 spiro atoms. The number of hydrogen-bond acceptors (Lipinski definition) is 9. The molecule has 0 aromatic carbocycles. The molecule has 8 nitrogen and oxygen atoms in total. The lowest BCUT2D eigenvalue weighted by Gasteiger charge is -2.16. The molecule has 1 fully saturated rings. The third-order valence-electron chi connectivity index (χ3n) is 4.08. The molecular formula is C17H20N6O2S2. The summed E-state index contributed by atoms with van der Waals surface area (Å²) in [4.78, 5) is 16.5. The van der Waals surface area contributed by atoms with Crippen LogP contribution >= 0.6 is 22.7 Å². The number of carbonyl (C=O) groups is 1. The highest BCUT2D eigenvalue weighted by Crippen LogP contribution is 2.27. The maximum atomic E-state index is 12.1. The molecule has 1 aliphatic heterocycles. The quantitative estimate of drug-likeness (QED) is 0.675. The molecule has 0 saturated carbocycles. The molecule has 0 bridgehead atoms. The van der Waals surface area contributed by atoms with E-state index in [-0.39, 0.29) is 13.4 Å². The number of ether oxygens (including phenoxy) is 1. The van der Waals surface area contributed by atoms with E-state index in [0.29, 0.717) is 16.7 Å². The molecule has 1 saturated heterocycles. The van der Waals surface area contributed by atoms with Crippen molar-refractivity contribution < 1.29 is 11.0 Å². The van der Waals surface area contributed by atoms with E-state index < -0.39 is 0 Å². The normalized spacial score (nSPS) is 16.5. The highest BCUT2D eigenvalue weighted by atomic mass is 32.1. The van der Waals surface area contributed by atoms with E-state index in [4.69, 9.17) is 4.74 Å². The van der Waals surface area contributed by atoms with Crippen molar-refractivity contribution in [3.63, 3.8) is 0 Å². The molecule has 4 heterocycles. The lowest BCUT2D eigenvalue weighted by atomic mass is 10.3. The van der Waals surface area contributed by atoms with Crippen LogP contribution in [0.4, 0.5) is 10.9 Å². The van der Waals surface area contributed by atoms with Gasteiger partial charge in [-0.3, -0.25) is 4.79 Å². The van der Waals surface area contributed by atoms with E-state index in [1.165, 1.54) is 16.2 Å². The van der Waals surface area contributed by atoms with Gasteiger partial charge in [0.15, 0.2) is 5.82 Å². The van der Waals surface area contributed by atoms with Crippen molar-refractivity contribution in [2.45, 2.75) is 25.9 Å². The fourth-order valence-corrected chi connectivity index (χ4v) is 4.41. The number of anilines is 2. The number of thiophene rings is 1. The number of aryl methyl sites for hydroxylation is 1. The molecule has 1 N–H and O–H groups in total. The Morgan fingerprint density at radius 2 is 2.26 bits per heavy atom. The first-order valence-corrected chi connectivity index (χ1v) is 10.2. The molecule has 4 rings (SSSR count). The summed E-state index contributed by atoms with van der Waals surface area (Å²) in [5, 5.41) is 19.8. The summed E-state index contributed by atoms with van der Waals surface area (Å²) in [7, 11) is 0. The second-order valence-electron chi connectivity index (χ2n) is 6.17. The summed E-state index contributed by atoms with van der Waals surface area (Å²) in [5.74, 6) is 0.742. The Morgan fingerprint density at radius 3 is 3.04 bits per heavy atom. The van der Waals surface area contributed by atoms with Gasteiger partial charge in [-0.1, -0.05) is 5.10 Å². The van der Waals surface area contributed by atoms with Crippen LogP contribution in [0.25, 0.3) is 0 Å². The maximum absolute atomic E-state index is 12.1. The van der Waals surface area contributed by atoms with Gasteiger partial charge in [0.2, 0.25) is 11.0 Å². The third-order valence-corrected chi connectivity index (χ3v) is 5.81. The minimum absolute atomic E-state index is 0. The predicted molar refractivity (Wildman–Crippen MR) is 107 cm³/mol. The minimum Gasteiger partial charge on any atom is -0.464 e. The van der Waals surface area contributed by atoms with Crippen molar-refractivity contribution in [2.75, 3.05) is 23.3 Å². The summed E-state index contributed by atoms with van der Waals surface area (Å²) >= 11 is 2.86. The Morgan fingerprint density at radius 1 is 1.33 bits per heavy atom. The average Bonchev–Trinajstić information content (AvgIpc) is 3.39. The van der Waals surface area contributed by atoms with Gasteiger partial charge in [0, 0.05) is 30.3 Å². The van der Waals surface area contributed by atoms with Crippen molar-refractivity contribution in [1.82, 2.24) is 20.4 Å². The number of rotatable bonds is 6. The second-order valence-corrected chi connectivity index (χ2v) is 8.48. The van der Waals surface area contributed by atoms with Crippen molar-refractivity contribution in [3.8, 4) is 5.19 Å². The van der Waals surface area contributed by atoms with Crippen molar-refractivity contribution in [2.24, 2.45) is 0 Å². The Balaban J connectivity index is 0.00000225. The van der Waals surface area contributed by atoms with Gasteiger partial charge in [0.25, 0.3) is 5.19 Å². The van der Waals surface area contributed by atoms with E-state index in [2.05, 4.69) is 30.6 Å². The van der Waals surface area contributed by atoms with Gasteiger partial charge in [0.05, 0.1) is 13.0 Å². The molecule has 1 amide bonds. The summed E-state index contributed by atoms with van der Waals surface area (Å²) in [6.07, 6.45) is 2.88. The number of carbonyl (C=O) groups excluding carboxylic acids is 1. The lowest BCUT2D eigenvalue weighted by Crippen LogP contribution is -2.25. The minimum atomic E-state index is -0.103. The van der Waals surface area contributed by atoms with Gasteiger partial charge >= 0.3 is 0 Å². The molecule has 10 heteroatoms. The monoisotopic (exact) mass is 404 g/mol. The summed E-state index contributed by atoms with van der Waals surface area (Å²) in [6, 6.07) is 7.78. The van der Waals surface area contributed by atoms with Crippen LogP contribution in [-0.2, 0) is 11.2 Å². The summed E-state index contributed by atoms with van der Waals surface area (Å²) in [6.45, 7) is 3.60. The van der Waals surface area contributed by atoms with Crippen molar-refractivity contribution >= 4 is 39.5 Å². The van der Waals surface area contributed by atoms with E-state index in [9.17, 15) is 4.79 Å². The SMILES string of the molecule is Cc1ccc(CC(=O)Nc2nnc(O[C@@H]3CCN(c4cccnn4)C3)s2)s1.[HH]. The Kier molecular flexibility index (Phi) is 5.26. The first-order valence-electron chi connectivity index (χ1n) is 8.54. The standard InChI is InChI=1S/C17H18N6O2S2.H2/c1-11-4-5-13(26-11)9-15(24)19-16-21-22-17(27-16)25-12-6-8-23(10-12)14-3-2-7-18-20-14;/h2-5,7,12H,6,8-10H2,1H3,(H,19,21,24);1H/t12-;/m1./s1. The highest BCUT2D eigenvalue weighted by Gasteiger charge is 2.26. The van der Waals surface area contributed by atoms with Crippen molar-refractivity contribution in [3.05, 3.63) is 40.2 Å². The number of nitrogens with one attached hydrogen (secondary N) is 1. The molecule has 3 aromatic rings. The van der Waals surface area contributed by atoms with Gasteiger partial charge in [-0.25, -0.2) is 0 Å². The molecule has 1 aliphatic rings. The van der Waals surface area contributed by atoms with Gasteiger partial charge in [-0.05, 0) is 42.5 Å². The molecule has 1 atom stereocenters. The zero-order valence-corrected chi connectivity index (χ0v) is 16.3. The molecule has 142 valence electrons. The largest absolute Gasteiger partial charge is 0.464 e. The Bertz CT molecular complexity index is 919. The molecule has 0 aliphatic carbocycles. The first-order chi connectivity index (χ1) is 13.2. The molecular weight excluding hydrogens is 384 g/mol. The Labute approximate surface area is 165 Å². The van der Waals surface area contributed by atoms with Crippen LogP contribution in [0.2, 0.25) is 0 Å². The molecule has 3 aromatic heterocycles. The second kappa shape index (κ2) is 7.97. The zero-order valence-electron chi connectivity index (χ0n) is 14.7. The van der Waals surface area contributed by atoms with Crippen LogP contribution in [0.3, 0.4) is 0 Å². The number of amides is 1. The fraction of sp³-hybridized carbons (Fsp3) is 0.353. The topological polar surface area (TPSA) is 93.1 Å². The first kappa shape index (κ1) is 17.8. The van der Waals surface area contributed by atoms with Crippen LogP contribution in [0, 0.1) is 6.92 Å². The lowest BCUT2D eigenvalue weighted by molar-refractivity contribution is -0.115. The smallest absolute Gasteiger partial charge is 0.296 e. The van der Waals surface area contributed by atoms with E-state index >= 15 is 0 Å². The average molecular weight is 405 g/mol. The van der Waals surface area contributed by atoms with Crippen LogP contribution in [-0.4, -0.2) is 45.5 Å². The van der Waals surface area contributed by atoms with Gasteiger partial charge < -0.3 is 15.0 Å². The molecule has 0 unspecified atom stereocenters. The van der Waals surface area contributed by atoms with Gasteiger partial charge in [-0.15, -0.1) is 21.5 Å². The molecule has 0 radical (unpaired) electrons. The predicted octanol–water partition coefficient (Wildman–Crippen LogP) is 2.78. The number of nitrogens with zero attached hydrogens (tertiary/aromatic N) is 5. The van der Waals surface area contributed by atoms with Gasteiger partial charge in [0.1, 0.15) is 6.10 Å². The molecule has 27 heavy (non-hydrogen) atoms. The van der Waals surface area contributed by atoms with Crippen LogP contribution < -0.4 is 15.0 Å². The maximum Gasteiger partial charge on any atom is 0.296 e. The number of hydrogen-bond donors (Lipinski definition) is 1. The van der Waals surface area contributed by atoms with Crippen LogP contribution in [0.1, 0.15) is 17.6 Å². The zero-order chi connectivity index (χ0) is 18.6. The number of aromatic nitrogens is 4. The fourth-order valence-electron chi connectivity index (χ4n) is 2.85. The highest BCUT2D eigenvalue weighted by molar-refractivity contribution is 7.17. The summed E-state index contributed by atoms with van der Waals surface area (Å²) in [5.41, 5.74) is 0. The van der Waals surface area contributed by atoms with E-state index in [1.807, 2.05) is 31.2 Å². The summed E-state index contributed by atoms with van der Waals surface area (Å²) < 4.78 is 5.92. The van der Waals surface area contributed by atoms with E-state index in [0.717, 1.165) is 30.2 Å².